The molecule has 0 fully saturated rings. The van der Waals surface area contributed by atoms with Crippen LogP contribution in [-0.2, 0) is 16.6 Å². The molecule has 0 radical (unpaired) electrons. The monoisotopic (exact) mass is 357 g/mol. The SMILES string of the molecule is CCC(CSC)NS(=O)(=O)c1cc(CO)c(Cl)cc1Cl. The van der Waals surface area contributed by atoms with Crippen LogP contribution in [0.25, 0.3) is 0 Å². The van der Waals surface area contributed by atoms with Crippen molar-refractivity contribution in [1.29, 1.82) is 0 Å². The lowest BCUT2D eigenvalue weighted by atomic mass is 10.2. The van der Waals surface area contributed by atoms with E-state index in [0.717, 1.165) is 0 Å². The number of aliphatic hydroxyl groups excluding tert-OH is 1. The van der Waals surface area contributed by atoms with E-state index in [1.54, 1.807) is 11.8 Å². The summed E-state index contributed by atoms with van der Waals surface area (Å²) in [4.78, 5) is -0.0628. The van der Waals surface area contributed by atoms with Crippen LogP contribution in [0.4, 0.5) is 0 Å². The maximum atomic E-state index is 12.3. The summed E-state index contributed by atoms with van der Waals surface area (Å²) in [5.41, 5.74) is 0.328. The molecule has 1 rings (SSSR count). The van der Waals surface area contributed by atoms with Gasteiger partial charge >= 0.3 is 0 Å². The highest BCUT2D eigenvalue weighted by Crippen LogP contribution is 2.29. The molecule has 20 heavy (non-hydrogen) atoms. The predicted molar refractivity (Wildman–Crippen MR) is 85.2 cm³/mol. The van der Waals surface area contributed by atoms with Crippen molar-refractivity contribution < 1.29 is 13.5 Å². The van der Waals surface area contributed by atoms with Gasteiger partial charge in [-0.1, -0.05) is 30.1 Å². The van der Waals surface area contributed by atoms with Crippen molar-refractivity contribution >= 4 is 45.0 Å². The van der Waals surface area contributed by atoms with E-state index in [9.17, 15) is 8.42 Å². The maximum Gasteiger partial charge on any atom is 0.242 e. The number of halogens is 2. The Morgan fingerprint density at radius 3 is 2.50 bits per heavy atom. The van der Waals surface area contributed by atoms with E-state index < -0.39 is 10.0 Å². The van der Waals surface area contributed by atoms with Crippen LogP contribution in [0.5, 0.6) is 0 Å². The number of aliphatic hydroxyl groups is 1. The predicted octanol–water partition coefficient (Wildman–Crippen LogP) is 2.91. The Bertz CT molecular complexity index is 564. The first kappa shape index (κ1) is 18.1. The summed E-state index contributed by atoms with van der Waals surface area (Å²) in [5, 5.41) is 9.45. The van der Waals surface area contributed by atoms with E-state index in [0.29, 0.717) is 17.7 Å². The number of nitrogens with one attached hydrogen (secondary N) is 1. The third-order valence-corrected chi connectivity index (χ3v) is 5.82. The fourth-order valence-corrected chi connectivity index (χ4v) is 4.62. The van der Waals surface area contributed by atoms with Crippen molar-refractivity contribution in [2.45, 2.75) is 30.9 Å². The van der Waals surface area contributed by atoms with Crippen LogP contribution in [0.15, 0.2) is 17.0 Å². The number of sulfonamides is 1. The lowest BCUT2D eigenvalue weighted by molar-refractivity contribution is 0.281. The minimum Gasteiger partial charge on any atom is -0.392 e. The second-order valence-electron chi connectivity index (χ2n) is 4.21. The van der Waals surface area contributed by atoms with Crippen molar-refractivity contribution in [3.05, 3.63) is 27.7 Å². The summed E-state index contributed by atoms with van der Waals surface area (Å²) < 4.78 is 27.3. The van der Waals surface area contributed by atoms with Crippen LogP contribution in [-0.4, -0.2) is 31.6 Å². The number of rotatable bonds is 7. The van der Waals surface area contributed by atoms with E-state index in [1.807, 2.05) is 13.2 Å². The van der Waals surface area contributed by atoms with Crippen LogP contribution in [0.2, 0.25) is 10.0 Å². The number of benzene rings is 1. The molecule has 0 aromatic heterocycles. The zero-order valence-electron chi connectivity index (χ0n) is 11.2. The topological polar surface area (TPSA) is 66.4 Å². The highest BCUT2D eigenvalue weighted by Gasteiger charge is 2.23. The molecular weight excluding hydrogens is 341 g/mol. The van der Waals surface area contributed by atoms with Crippen LogP contribution in [0, 0.1) is 0 Å². The lowest BCUT2D eigenvalue weighted by Crippen LogP contribution is -2.36. The average molecular weight is 358 g/mol. The first-order valence-corrected chi connectivity index (χ1v) is 9.59. The molecule has 0 aliphatic carbocycles. The van der Waals surface area contributed by atoms with Crippen molar-refractivity contribution in [2.24, 2.45) is 0 Å². The molecular formula is C12H17Cl2NO3S2. The zero-order chi connectivity index (χ0) is 15.3. The van der Waals surface area contributed by atoms with Gasteiger partial charge in [-0.15, -0.1) is 0 Å². The Hall–Kier alpha value is 0.0200. The summed E-state index contributed by atoms with van der Waals surface area (Å²) in [6, 6.07) is 2.47. The van der Waals surface area contributed by atoms with Gasteiger partial charge < -0.3 is 5.11 Å². The molecule has 0 saturated carbocycles. The van der Waals surface area contributed by atoms with Gasteiger partial charge in [0, 0.05) is 16.8 Å². The average Bonchev–Trinajstić information content (AvgIpc) is 2.37. The fourth-order valence-electron chi connectivity index (χ4n) is 1.62. The molecule has 1 aromatic rings. The molecule has 1 unspecified atom stereocenters. The largest absolute Gasteiger partial charge is 0.392 e. The third-order valence-electron chi connectivity index (χ3n) is 2.74. The van der Waals surface area contributed by atoms with Crippen LogP contribution < -0.4 is 4.72 Å². The third kappa shape index (κ3) is 4.51. The molecule has 8 heteroatoms. The standard InChI is InChI=1S/C12H17Cl2NO3S2/c1-3-9(7-19-2)15-20(17,18)12-4-8(6-16)10(13)5-11(12)14/h4-5,9,15-16H,3,6-7H2,1-2H3. The quantitative estimate of drug-likeness (QED) is 0.787. The highest BCUT2D eigenvalue weighted by molar-refractivity contribution is 7.98. The summed E-state index contributed by atoms with van der Waals surface area (Å²) in [5.74, 6) is 0.674. The minimum absolute atomic E-state index is 0.0405. The molecule has 0 aliphatic heterocycles. The molecule has 114 valence electrons. The second-order valence-corrected chi connectivity index (χ2v) is 7.62. The van der Waals surface area contributed by atoms with E-state index in [2.05, 4.69) is 4.72 Å². The summed E-state index contributed by atoms with van der Waals surface area (Å²) in [7, 11) is -3.74. The van der Waals surface area contributed by atoms with Crippen LogP contribution in [0.3, 0.4) is 0 Å². The second kappa shape index (κ2) is 7.87. The zero-order valence-corrected chi connectivity index (χ0v) is 14.3. The highest BCUT2D eigenvalue weighted by atomic mass is 35.5. The smallest absolute Gasteiger partial charge is 0.242 e. The Balaban J connectivity index is 3.15. The van der Waals surface area contributed by atoms with E-state index in [4.69, 9.17) is 28.3 Å². The summed E-state index contributed by atoms with van der Waals surface area (Å²) >= 11 is 13.4. The van der Waals surface area contributed by atoms with E-state index in [-0.39, 0.29) is 27.6 Å². The van der Waals surface area contributed by atoms with Gasteiger partial charge in [0.1, 0.15) is 4.90 Å². The Labute approximate surface area is 133 Å². The molecule has 1 atom stereocenters. The first-order chi connectivity index (χ1) is 9.35. The molecule has 0 amide bonds. The molecule has 0 saturated heterocycles. The van der Waals surface area contributed by atoms with Gasteiger partial charge in [-0.05, 0) is 30.4 Å². The Kier molecular flexibility index (Phi) is 7.11. The molecule has 2 N–H and O–H groups in total. The van der Waals surface area contributed by atoms with Gasteiger partial charge in [-0.2, -0.15) is 11.8 Å². The van der Waals surface area contributed by atoms with Crippen molar-refractivity contribution in [3.63, 3.8) is 0 Å². The number of hydrogen-bond donors (Lipinski definition) is 2. The Morgan fingerprint density at radius 2 is 2.00 bits per heavy atom. The summed E-state index contributed by atoms with van der Waals surface area (Å²) in [6.07, 6.45) is 2.59. The normalized spacial score (nSPS) is 13.4. The van der Waals surface area contributed by atoms with Crippen LogP contribution >= 0.6 is 35.0 Å². The van der Waals surface area contributed by atoms with Crippen molar-refractivity contribution in [2.75, 3.05) is 12.0 Å². The summed E-state index contributed by atoms with van der Waals surface area (Å²) in [6.45, 7) is 1.56. The first-order valence-electron chi connectivity index (χ1n) is 5.95. The minimum atomic E-state index is -3.74. The Morgan fingerprint density at radius 1 is 1.35 bits per heavy atom. The van der Waals surface area contributed by atoms with Crippen molar-refractivity contribution in [3.8, 4) is 0 Å². The number of thioether (sulfide) groups is 1. The van der Waals surface area contributed by atoms with Gasteiger partial charge in [-0.25, -0.2) is 13.1 Å². The van der Waals surface area contributed by atoms with Gasteiger partial charge in [0.05, 0.1) is 11.6 Å². The van der Waals surface area contributed by atoms with Gasteiger partial charge in [0.25, 0.3) is 0 Å². The fraction of sp³-hybridized carbons (Fsp3) is 0.500. The molecule has 0 spiro atoms. The van der Waals surface area contributed by atoms with E-state index >= 15 is 0 Å². The van der Waals surface area contributed by atoms with Gasteiger partial charge in [0.2, 0.25) is 10.0 Å². The molecule has 0 aliphatic rings. The van der Waals surface area contributed by atoms with Crippen molar-refractivity contribution in [1.82, 2.24) is 4.72 Å². The molecule has 0 heterocycles. The van der Waals surface area contributed by atoms with E-state index in [1.165, 1.54) is 12.1 Å². The van der Waals surface area contributed by atoms with Gasteiger partial charge in [0.15, 0.2) is 0 Å². The molecule has 0 bridgehead atoms. The maximum absolute atomic E-state index is 12.3. The number of hydrogen-bond acceptors (Lipinski definition) is 4. The molecule has 1 aromatic carbocycles. The van der Waals surface area contributed by atoms with Gasteiger partial charge in [-0.3, -0.25) is 0 Å². The van der Waals surface area contributed by atoms with Crippen LogP contribution in [0.1, 0.15) is 18.9 Å². The molecule has 4 nitrogen and oxygen atoms in total. The lowest BCUT2D eigenvalue weighted by Gasteiger charge is -2.17.